The van der Waals surface area contributed by atoms with Gasteiger partial charge < -0.3 is 4.90 Å². The molecule has 0 saturated heterocycles. The van der Waals surface area contributed by atoms with Gasteiger partial charge in [0.15, 0.2) is 6.54 Å². The van der Waals surface area contributed by atoms with Crippen LogP contribution in [-0.4, -0.2) is 14.1 Å². The fourth-order valence-corrected chi connectivity index (χ4v) is 2.82. The minimum Gasteiger partial charge on any atom is -0.378 e. The molecule has 1 heterocycles. The van der Waals surface area contributed by atoms with E-state index in [1.807, 2.05) is 6.08 Å². The summed E-state index contributed by atoms with van der Waals surface area (Å²) < 4.78 is 2.28. The van der Waals surface area contributed by atoms with Crippen LogP contribution in [0.2, 0.25) is 0 Å². The predicted octanol–water partition coefficient (Wildman–Crippen LogP) is 4.55. The van der Waals surface area contributed by atoms with E-state index >= 15 is 0 Å². The van der Waals surface area contributed by atoms with Crippen molar-refractivity contribution in [3.63, 3.8) is 0 Å². The van der Waals surface area contributed by atoms with Crippen LogP contribution in [0.5, 0.6) is 0 Å². The third kappa shape index (κ3) is 3.38. The lowest BCUT2D eigenvalue weighted by Gasteiger charge is -2.11. The van der Waals surface area contributed by atoms with Gasteiger partial charge in [0.2, 0.25) is 11.2 Å². The lowest BCUT2D eigenvalue weighted by molar-refractivity contribution is -0.662. The van der Waals surface area contributed by atoms with Crippen molar-refractivity contribution in [2.24, 2.45) is 0 Å². The lowest BCUT2D eigenvalue weighted by atomic mass is 10.1. The van der Waals surface area contributed by atoms with E-state index in [1.54, 1.807) is 0 Å². The molecule has 3 rings (SSSR count). The number of aromatic nitrogens is 1. The van der Waals surface area contributed by atoms with Gasteiger partial charge >= 0.3 is 0 Å². The Hall–Kier alpha value is -2.87. The summed E-state index contributed by atoms with van der Waals surface area (Å²) in [5, 5.41) is 1.24. The Labute approximate surface area is 144 Å². The van der Waals surface area contributed by atoms with E-state index in [0.29, 0.717) is 0 Å². The second-order valence-corrected chi connectivity index (χ2v) is 6.04. The summed E-state index contributed by atoms with van der Waals surface area (Å²) in [7, 11) is 4.11. The molecule has 0 amide bonds. The minimum absolute atomic E-state index is 0.792. The molecule has 2 heteroatoms. The van der Waals surface area contributed by atoms with Crippen LogP contribution in [0.15, 0.2) is 73.3 Å². The molecule has 0 atom stereocenters. The second-order valence-electron chi connectivity index (χ2n) is 6.04. The zero-order chi connectivity index (χ0) is 16.9. The van der Waals surface area contributed by atoms with Gasteiger partial charge in [-0.2, -0.15) is 4.57 Å². The van der Waals surface area contributed by atoms with Crippen molar-refractivity contribution in [2.45, 2.75) is 6.54 Å². The molecule has 0 radical (unpaired) electrons. The first-order valence-corrected chi connectivity index (χ1v) is 8.17. The van der Waals surface area contributed by atoms with E-state index in [0.717, 1.165) is 6.54 Å². The maximum atomic E-state index is 3.90. The standard InChI is InChI=1S/C22H23N2/c1-4-17-24-21(16-12-19-7-5-6-8-22(19)24)15-11-18-9-13-20(14-10-18)23(2)3/h4-16H,1,17H2,2-3H3/q+1. The number of rotatable bonds is 5. The lowest BCUT2D eigenvalue weighted by Crippen LogP contribution is -2.37. The Morgan fingerprint density at radius 3 is 2.38 bits per heavy atom. The molecule has 0 saturated carbocycles. The summed E-state index contributed by atoms with van der Waals surface area (Å²) in [4.78, 5) is 2.11. The molecule has 24 heavy (non-hydrogen) atoms. The molecule has 0 unspecified atom stereocenters. The number of allylic oxidation sites excluding steroid dienone is 1. The van der Waals surface area contributed by atoms with E-state index in [2.05, 4.69) is 103 Å². The summed E-state index contributed by atoms with van der Waals surface area (Å²) >= 11 is 0. The highest BCUT2D eigenvalue weighted by atomic mass is 15.1. The first-order chi connectivity index (χ1) is 11.7. The van der Waals surface area contributed by atoms with Crippen LogP contribution in [-0.2, 0) is 6.54 Å². The molecule has 2 nitrogen and oxygen atoms in total. The Bertz CT molecular complexity index is 874. The van der Waals surface area contributed by atoms with Gasteiger partial charge in [-0.3, -0.25) is 0 Å². The molecule has 0 N–H and O–H groups in total. The monoisotopic (exact) mass is 315 g/mol. The Morgan fingerprint density at radius 2 is 1.67 bits per heavy atom. The fourth-order valence-electron chi connectivity index (χ4n) is 2.82. The Morgan fingerprint density at radius 1 is 0.917 bits per heavy atom. The van der Waals surface area contributed by atoms with Crippen molar-refractivity contribution in [1.29, 1.82) is 0 Å². The van der Waals surface area contributed by atoms with Crippen molar-refractivity contribution < 1.29 is 4.57 Å². The van der Waals surface area contributed by atoms with Crippen LogP contribution < -0.4 is 9.47 Å². The molecule has 120 valence electrons. The van der Waals surface area contributed by atoms with E-state index in [9.17, 15) is 0 Å². The second kappa shape index (κ2) is 7.14. The highest BCUT2D eigenvalue weighted by Gasteiger charge is 2.11. The Kier molecular flexibility index (Phi) is 4.76. The summed E-state index contributed by atoms with van der Waals surface area (Å²) in [6.45, 7) is 4.69. The zero-order valence-electron chi connectivity index (χ0n) is 14.3. The normalized spacial score (nSPS) is 11.1. The van der Waals surface area contributed by atoms with Crippen molar-refractivity contribution in [2.75, 3.05) is 19.0 Å². The Balaban J connectivity index is 1.96. The van der Waals surface area contributed by atoms with Crippen LogP contribution >= 0.6 is 0 Å². The number of benzene rings is 2. The van der Waals surface area contributed by atoms with Gasteiger partial charge in [-0.1, -0.05) is 30.8 Å². The number of para-hydroxylation sites is 1. The van der Waals surface area contributed by atoms with E-state index in [-0.39, 0.29) is 0 Å². The third-order valence-corrected chi connectivity index (χ3v) is 4.14. The average Bonchev–Trinajstić information content (AvgIpc) is 2.61. The van der Waals surface area contributed by atoms with Crippen molar-refractivity contribution in [1.82, 2.24) is 0 Å². The van der Waals surface area contributed by atoms with E-state index in [4.69, 9.17) is 0 Å². The number of hydrogen-bond donors (Lipinski definition) is 0. The maximum absolute atomic E-state index is 3.90. The highest BCUT2D eigenvalue weighted by molar-refractivity contribution is 5.77. The van der Waals surface area contributed by atoms with E-state index < -0.39 is 0 Å². The van der Waals surface area contributed by atoms with E-state index in [1.165, 1.54) is 27.8 Å². The summed E-state index contributed by atoms with van der Waals surface area (Å²) in [6, 6.07) is 21.3. The molecule has 0 spiro atoms. The molecule has 3 aromatic rings. The maximum Gasteiger partial charge on any atom is 0.213 e. The van der Waals surface area contributed by atoms with Crippen LogP contribution in [0.4, 0.5) is 5.69 Å². The predicted molar refractivity (Wildman–Crippen MR) is 104 cm³/mol. The molecule has 0 fully saturated rings. The van der Waals surface area contributed by atoms with Gasteiger partial charge in [0.05, 0.1) is 0 Å². The average molecular weight is 315 g/mol. The number of nitrogens with zero attached hydrogens (tertiary/aromatic N) is 2. The summed E-state index contributed by atoms with van der Waals surface area (Å²) in [5.74, 6) is 0. The molecule has 0 aliphatic rings. The van der Waals surface area contributed by atoms with Crippen molar-refractivity contribution in [3.05, 3.63) is 84.6 Å². The van der Waals surface area contributed by atoms with Gasteiger partial charge in [-0.25, -0.2) is 0 Å². The first-order valence-electron chi connectivity index (χ1n) is 8.17. The highest BCUT2D eigenvalue weighted by Crippen LogP contribution is 2.15. The molecule has 2 aromatic carbocycles. The van der Waals surface area contributed by atoms with Gasteiger partial charge in [0.1, 0.15) is 0 Å². The SMILES string of the molecule is C=CC[n+]1c(C=Cc2ccc(N(C)C)cc2)ccc2ccccc21. The molecular weight excluding hydrogens is 292 g/mol. The fraction of sp³-hybridized carbons (Fsp3) is 0.136. The largest absolute Gasteiger partial charge is 0.378 e. The van der Waals surface area contributed by atoms with Gasteiger partial charge in [0, 0.05) is 43.4 Å². The summed E-state index contributed by atoms with van der Waals surface area (Å²) in [5.41, 5.74) is 4.80. The molecular formula is C22H23N2+. The van der Waals surface area contributed by atoms with Crippen LogP contribution in [0.3, 0.4) is 0 Å². The van der Waals surface area contributed by atoms with Crippen LogP contribution in [0.1, 0.15) is 11.3 Å². The minimum atomic E-state index is 0.792. The van der Waals surface area contributed by atoms with Crippen molar-refractivity contribution >= 4 is 28.7 Å². The number of pyridine rings is 1. The molecule has 0 aliphatic heterocycles. The number of fused-ring (bicyclic) bond motifs is 1. The zero-order valence-corrected chi connectivity index (χ0v) is 14.3. The van der Waals surface area contributed by atoms with Crippen LogP contribution in [0.25, 0.3) is 23.1 Å². The first kappa shape index (κ1) is 16.0. The summed E-state index contributed by atoms with van der Waals surface area (Å²) in [6.07, 6.45) is 6.26. The topological polar surface area (TPSA) is 7.12 Å². The molecule has 0 bridgehead atoms. The van der Waals surface area contributed by atoms with Gasteiger partial charge in [-0.05, 0) is 42.0 Å². The number of hydrogen-bond acceptors (Lipinski definition) is 1. The number of anilines is 1. The third-order valence-electron chi connectivity index (χ3n) is 4.14. The quantitative estimate of drug-likeness (QED) is 0.495. The molecule has 1 aromatic heterocycles. The van der Waals surface area contributed by atoms with Gasteiger partial charge in [0.25, 0.3) is 0 Å². The molecule has 0 aliphatic carbocycles. The van der Waals surface area contributed by atoms with Crippen LogP contribution in [0, 0.1) is 0 Å². The smallest absolute Gasteiger partial charge is 0.213 e. The van der Waals surface area contributed by atoms with Crippen molar-refractivity contribution in [3.8, 4) is 0 Å². The van der Waals surface area contributed by atoms with Gasteiger partial charge in [-0.15, -0.1) is 0 Å².